The van der Waals surface area contributed by atoms with E-state index in [1.165, 1.54) is 12.1 Å². The molecular formula is C12H14BrFO3. The molecule has 1 aromatic carbocycles. The third-order valence-corrected chi connectivity index (χ3v) is 3.12. The molecule has 3 nitrogen and oxygen atoms in total. The van der Waals surface area contributed by atoms with Crippen molar-refractivity contribution in [3.63, 3.8) is 0 Å². The van der Waals surface area contributed by atoms with Gasteiger partial charge in [-0.05, 0) is 18.1 Å². The SMILES string of the molecule is CC(C)C(C(=O)O)C(O)c1ccc(Br)cc1F. The van der Waals surface area contributed by atoms with E-state index in [2.05, 4.69) is 15.9 Å². The quantitative estimate of drug-likeness (QED) is 0.899. The van der Waals surface area contributed by atoms with E-state index in [9.17, 15) is 14.3 Å². The maximum atomic E-state index is 13.6. The van der Waals surface area contributed by atoms with Crippen molar-refractivity contribution in [2.45, 2.75) is 20.0 Å². The van der Waals surface area contributed by atoms with Crippen molar-refractivity contribution in [1.82, 2.24) is 0 Å². The van der Waals surface area contributed by atoms with E-state index in [0.717, 1.165) is 0 Å². The van der Waals surface area contributed by atoms with Crippen LogP contribution >= 0.6 is 15.9 Å². The van der Waals surface area contributed by atoms with Crippen molar-refractivity contribution in [3.05, 3.63) is 34.1 Å². The number of carbonyl (C=O) groups is 1. The Hall–Kier alpha value is -0.940. The average Bonchev–Trinajstić information content (AvgIpc) is 2.15. The third kappa shape index (κ3) is 3.26. The van der Waals surface area contributed by atoms with Crippen LogP contribution in [0.3, 0.4) is 0 Å². The molecule has 0 aliphatic rings. The first-order valence-corrected chi connectivity index (χ1v) is 5.99. The predicted molar refractivity (Wildman–Crippen MR) is 65.0 cm³/mol. The first-order valence-electron chi connectivity index (χ1n) is 5.20. The summed E-state index contributed by atoms with van der Waals surface area (Å²) in [7, 11) is 0. The smallest absolute Gasteiger partial charge is 0.309 e. The van der Waals surface area contributed by atoms with Crippen molar-refractivity contribution in [2.24, 2.45) is 11.8 Å². The highest BCUT2D eigenvalue weighted by Crippen LogP contribution is 2.31. The second-order valence-corrected chi connectivity index (χ2v) is 5.13. The molecule has 17 heavy (non-hydrogen) atoms. The van der Waals surface area contributed by atoms with E-state index in [-0.39, 0.29) is 11.5 Å². The lowest BCUT2D eigenvalue weighted by Crippen LogP contribution is -2.27. The first kappa shape index (κ1) is 14.1. The fourth-order valence-electron chi connectivity index (χ4n) is 1.72. The lowest BCUT2D eigenvalue weighted by molar-refractivity contribution is -0.148. The largest absolute Gasteiger partial charge is 0.481 e. The van der Waals surface area contributed by atoms with E-state index < -0.39 is 23.8 Å². The predicted octanol–water partition coefficient (Wildman–Crippen LogP) is 2.98. The summed E-state index contributed by atoms with van der Waals surface area (Å²) in [5.74, 6) is -3.05. The molecule has 2 unspecified atom stereocenters. The number of halogens is 2. The van der Waals surface area contributed by atoms with Crippen molar-refractivity contribution < 1.29 is 19.4 Å². The molecular weight excluding hydrogens is 291 g/mol. The Morgan fingerprint density at radius 3 is 2.41 bits per heavy atom. The Labute approximate surface area is 107 Å². The standard InChI is InChI=1S/C12H14BrFO3/c1-6(2)10(12(16)17)11(15)8-4-3-7(13)5-9(8)14/h3-6,10-11,15H,1-2H3,(H,16,17). The summed E-state index contributed by atoms with van der Waals surface area (Å²) in [5, 5.41) is 19.0. The highest BCUT2D eigenvalue weighted by molar-refractivity contribution is 9.10. The molecule has 0 spiro atoms. The van der Waals surface area contributed by atoms with Gasteiger partial charge in [-0.25, -0.2) is 4.39 Å². The molecule has 94 valence electrons. The topological polar surface area (TPSA) is 57.5 Å². The van der Waals surface area contributed by atoms with Crippen LogP contribution in [0.5, 0.6) is 0 Å². The summed E-state index contributed by atoms with van der Waals surface area (Å²) in [6, 6.07) is 4.17. The second kappa shape index (κ2) is 5.60. The van der Waals surface area contributed by atoms with Gasteiger partial charge >= 0.3 is 5.97 Å². The molecule has 0 aliphatic carbocycles. The number of hydrogen-bond donors (Lipinski definition) is 2. The van der Waals surface area contributed by atoms with Gasteiger partial charge < -0.3 is 10.2 Å². The molecule has 1 rings (SSSR count). The third-order valence-electron chi connectivity index (χ3n) is 2.62. The van der Waals surface area contributed by atoms with Gasteiger partial charge in [0.2, 0.25) is 0 Å². The molecule has 0 bridgehead atoms. The van der Waals surface area contributed by atoms with Crippen LogP contribution in [-0.2, 0) is 4.79 Å². The van der Waals surface area contributed by atoms with E-state index in [0.29, 0.717) is 4.47 Å². The fraction of sp³-hybridized carbons (Fsp3) is 0.417. The minimum absolute atomic E-state index is 0.00861. The number of aliphatic carboxylic acids is 1. The minimum atomic E-state index is -1.35. The zero-order chi connectivity index (χ0) is 13.2. The van der Waals surface area contributed by atoms with Crippen LogP contribution in [-0.4, -0.2) is 16.2 Å². The summed E-state index contributed by atoms with van der Waals surface area (Å²) in [6.45, 7) is 3.36. The molecule has 0 fully saturated rings. The molecule has 0 amide bonds. The van der Waals surface area contributed by atoms with Crippen molar-refractivity contribution in [2.75, 3.05) is 0 Å². The van der Waals surface area contributed by atoms with Gasteiger partial charge in [-0.3, -0.25) is 4.79 Å². The van der Waals surface area contributed by atoms with Gasteiger partial charge in [0.1, 0.15) is 5.82 Å². The van der Waals surface area contributed by atoms with Gasteiger partial charge in [0, 0.05) is 10.0 Å². The van der Waals surface area contributed by atoms with Crippen LogP contribution in [0.1, 0.15) is 25.5 Å². The molecule has 0 saturated heterocycles. The van der Waals surface area contributed by atoms with Gasteiger partial charge in [0.15, 0.2) is 0 Å². The van der Waals surface area contributed by atoms with Crippen LogP contribution < -0.4 is 0 Å². The van der Waals surface area contributed by atoms with Gasteiger partial charge in [-0.2, -0.15) is 0 Å². The monoisotopic (exact) mass is 304 g/mol. The average molecular weight is 305 g/mol. The molecule has 0 aliphatic heterocycles. The lowest BCUT2D eigenvalue weighted by Gasteiger charge is -2.23. The molecule has 0 aromatic heterocycles. The molecule has 2 atom stereocenters. The van der Waals surface area contributed by atoms with Gasteiger partial charge in [-0.1, -0.05) is 35.8 Å². The Morgan fingerprint density at radius 2 is 2.00 bits per heavy atom. The van der Waals surface area contributed by atoms with E-state index >= 15 is 0 Å². The summed E-state index contributed by atoms with van der Waals surface area (Å²) in [4.78, 5) is 11.0. The molecule has 0 saturated carbocycles. The summed E-state index contributed by atoms with van der Waals surface area (Å²) < 4.78 is 14.1. The molecule has 0 heterocycles. The Kier molecular flexibility index (Phi) is 4.65. The van der Waals surface area contributed by atoms with Crippen LogP contribution in [0.4, 0.5) is 4.39 Å². The number of aliphatic hydroxyl groups is 1. The Bertz CT molecular complexity index is 420. The van der Waals surface area contributed by atoms with E-state index in [1.807, 2.05) is 0 Å². The van der Waals surface area contributed by atoms with Crippen LogP contribution in [0.2, 0.25) is 0 Å². The second-order valence-electron chi connectivity index (χ2n) is 4.22. The van der Waals surface area contributed by atoms with Crippen LogP contribution in [0.15, 0.2) is 22.7 Å². The molecule has 2 N–H and O–H groups in total. The first-order chi connectivity index (χ1) is 7.84. The zero-order valence-electron chi connectivity index (χ0n) is 9.52. The van der Waals surface area contributed by atoms with Gasteiger partial charge in [0.25, 0.3) is 0 Å². The lowest BCUT2D eigenvalue weighted by atomic mass is 9.86. The highest BCUT2D eigenvalue weighted by atomic mass is 79.9. The van der Waals surface area contributed by atoms with Crippen LogP contribution in [0, 0.1) is 17.7 Å². The van der Waals surface area contributed by atoms with E-state index in [4.69, 9.17) is 5.11 Å². The fourth-order valence-corrected chi connectivity index (χ4v) is 2.05. The summed E-state index contributed by atoms with van der Waals surface area (Å²) >= 11 is 3.10. The maximum Gasteiger partial charge on any atom is 0.309 e. The number of benzene rings is 1. The van der Waals surface area contributed by atoms with Crippen molar-refractivity contribution in [3.8, 4) is 0 Å². The number of carboxylic acids is 1. The van der Waals surface area contributed by atoms with Crippen LogP contribution in [0.25, 0.3) is 0 Å². The maximum absolute atomic E-state index is 13.6. The zero-order valence-corrected chi connectivity index (χ0v) is 11.1. The number of hydrogen-bond acceptors (Lipinski definition) is 2. The molecule has 1 aromatic rings. The van der Waals surface area contributed by atoms with Gasteiger partial charge in [-0.15, -0.1) is 0 Å². The normalized spacial score (nSPS) is 14.7. The number of rotatable bonds is 4. The van der Waals surface area contributed by atoms with Crippen molar-refractivity contribution >= 4 is 21.9 Å². The Morgan fingerprint density at radius 1 is 1.41 bits per heavy atom. The number of carboxylic acid groups (broad SMARTS) is 1. The minimum Gasteiger partial charge on any atom is -0.481 e. The number of aliphatic hydroxyl groups excluding tert-OH is 1. The Balaban J connectivity index is 3.09. The van der Waals surface area contributed by atoms with E-state index in [1.54, 1.807) is 19.9 Å². The molecule has 0 radical (unpaired) electrons. The van der Waals surface area contributed by atoms with Gasteiger partial charge in [0.05, 0.1) is 12.0 Å². The highest BCUT2D eigenvalue weighted by Gasteiger charge is 2.32. The molecule has 5 heteroatoms. The van der Waals surface area contributed by atoms with Crippen molar-refractivity contribution in [1.29, 1.82) is 0 Å². The summed E-state index contributed by atoms with van der Waals surface area (Å²) in [6.07, 6.45) is -1.35. The summed E-state index contributed by atoms with van der Waals surface area (Å²) in [5.41, 5.74) is 0.00861.